The minimum atomic E-state index is -3.25. The van der Waals surface area contributed by atoms with Crippen molar-refractivity contribution in [1.29, 1.82) is 0 Å². The molecule has 0 saturated carbocycles. The van der Waals surface area contributed by atoms with Gasteiger partial charge >= 0.3 is 6.03 Å². The Bertz CT molecular complexity index is 1050. The lowest BCUT2D eigenvalue weighted by Crippen LogP contribution is -2.44. The monoisotopic (exact) mass is 446 g/mol. The Kier molecular flexibility index (Phi) is 6.50. The van der Waals surface area contributed by atoms with Gasteiger partial charge in [0.15, 0.2) is 21.3 Å². The van der Waals surface area contributed by atoms with Crippen molar-refractivity contribution >= 4 is 15.9 Å². The van der Waals surface area contributed by atoms with Gasteiger partial charge in [0.2, 0.25) is 0 Å². The van der Waals surface area contributed by atoms with Crippen LogP contribution in [0.4, 0.5) is 4.79 Å². The van der Waals surface area contributed by atoms with E-state index >= 15 is 0 Å². The van der Waals surface area contributed by atoms with Crippen LogP contribution in [0.5, 0.6) is 11.5 Å². The summed E-state index contributed by atoms with van der Waals surface area (Å²) < 4.78 is 34.5. The van der Waals surface area contributed by atoms with Crippen LogP contribution in [0.3, 0.4) is 0 Å². The van der Waals surface area contributed by atoms with E-state index in [0.717, 1.165) is 22.6 Å². The molecule has 0 spiro atoms. The molecule has 0 saturated heterocycles. The molecule has 2 amide bonds. The highest BCUT2D eigenvalue weighted by atomic mass is 32.2. The van der Waals surface area contributed by atoms with Gasteiger partial charge in [0, 0.05) is 25.3 Å². The van der Waals surface area contributed by atoms with Gasteiger partial charge in [-0.15, -0.1) is 0 Å². The van der Waals surface area contributed by atoms with Crippen molar-refractivity contribution in [3.63, 3.8) is 0 Å². The first-order valence-electron chi connectivity index (χ1n) is 10.2. The van der Waals surface area contributed by atoms with Gasteiger partial charge in [-0.1, -0.05) is 32.0 Å². The number of urea groups is 1. The molecule has 0 aromatic heterocycles. The van der Waals surface area contributed by atoms with Gasteiger partial charge in [0.05, 0.1) is 10.9 Å². The van der Waals surface area contributed by atoms with E-state index in [9.17, 15) is 13.2 Å². The minimum absolute atomic E-state index is 0.203. The molecule has 168 valence electrons. The van der Waals surface area contributed by atoms with Crippen LogP contribution in [0, 0.1) is 0 Å². The summed E-state index contributed by atoms with van der Waals surface area (Å²) in [5.41, 5.74) is 1.59. The van der Waals surface area contributed by atoms with Gasteiger partial charge in [0.1, 0.15) is 13.2 Å². The van der Waals surface area contributed by atoms with Crippen LogP contribution in [0.15, 0.2) is 47.4 Å². The summed E-state index contributed by atoms with van der Waals surface area (Å²) in [6.07, 6.45) is 1.18. The molecule has 0 bridgehead atoms. The molecule has 7 nitrogen and oxygen atoms in total. The van der Waals surface area contributed by atoms with Crippen LogP contribution in [0.1, 0.15) is 37.9 Å². The van der Waals surface area contributed by atoms with E-state index in [-0.39, 0.29) is 22.4 Å². The zero-order valence-electron chi connectivity index (χ0n) is 18.6. The molecular weight excluding hydrogens is 416 g/mol. The van der Waals surface area contributed by atoms with Crippen LogP contribution < -0.4 is 14.8 Å². The summed E-state index contributed by atoms with van der Waals surface area (Å²) in [6, 6.07) is 12.1. The van der Waals surface area contributed by atoms with Crippen molar-refractivity contribution in [3.05, 3.63) is 53.6 Å². The largest absolute Gasteiger partial charge is 0.486 e. The van der Waals surface area contributed by atoms with Crippen LogP contribution in [-0.2, 0) is 15.3 Å². The van der Waals surface area contributed by atoms with Crippen LogP contribution in [-0.4, -0.2) is 52.4 Å². The summed E-state index contributed by atoms with van der Waals surface area (Å²) in [4.78, 5) is 14.6. The van der Waals surface area contributed by atoms with Gasteiger partial charge in [-0.25, -0.2) is 13.2 Å². The lowest BCUT2D eigenvalue weighted by atomic mass is 9.84. The van der Waals surface area contributed by atoms with E-state index < -0.39 is 9.84 Å². The van der Waals surface area contributed by atoms with Crippen molar-refractivity contribution in [2.24, 2.45) is 0 Å². The topological polar surface area (TPSA) is 84.9 Å². The number of hydrogen-bond acceptors (Lipinski definition) is 5. The molecule has 1 atom stereocenters. The molecule has 1 aliphatic rings. The Balaban J connectivity index is 1.63. The number of carbonyl (C=O) groups is 1. The molecule has 31 heavy (non-hydrogen) atoms. The molecule has 8 heteroatoms. The van der Waals surface area contributed by atoms with Crippen LogP contribution >= 0.6 is 0 Å². The molecule has 2 aromatic carbocycles. The maximum Gasteiger partial charge on any atom is 0.317 e. The van der Waals surface area contributed by atoms with Crippen LogP contribution in [0.25, 0.3) is 0 Å². The summed E-state index contributed by atoms with van der Waals surface area (Å²) in [5, 5.41) is 3.01. The molecule has 0 aliphatic carbocycles. The Morgan fingerprint density at radius 2 is 1.71 bits per heavy atom. The van der Waals surface area contributed by atoms with E-state index in [1.54, 1.807) is 36.2 Å². The number of ether oxygens (including phenoxy) is 2. The van der Waals surface area contributed by atoms with Crippen molar-refractivity contribution in [2.45, 2.75) is 37.1 Å². The fourth-order valence-corrected chi connectivity index (χ4v) is 4.01. The average Bonchev–Trinajstić information content (AvgIpc) is 2.75. The van der Waals surface area contributed by atoms with Crippen LogP contribution in [0.2, 0.25) is 0 Å². The third-order valence-electron chi connectivity index (χ3n) is 5.70. The SMILES string of the molecule is CC(c1ccc(S(C)(=O)=O)cc1)N(C)C(=O)NCC(C)(C)c1ccc2c(c1)OCCO2. The zero-order valence-corrected chi connectivity index (χ0v) is 19.5. The fraction of sp³-hybridized carbons (Fsp3) is 0.435. The first-order chi connectivity index (χ1) is 14.5. The molecule has 0 fully saturated rings. The minimum Gasteiger partial charge on any atom is -0.486 e. The number of sulfone groups is 1. The van der Waals surface area contributed by atoms with Gasteiger partial charge in [-0.3, -0.25) is 0 Å². The van der Waals surface area contributed by atoms with Gasteiger partial charge in [0.25, 0.3) is 0 Å². The highest BCUT2D eigenvalue weighted by Gasteiger charge is 2.26. The predicted molar refractivity (Wildman–Crippen MR) is 120 cm³/mol. The molecule has 0 radical (unpaired) electrons. The summed E-state index contributed by atoms with van der Waals surface area (Å²) >= 11 is 0. The predicted octanol–water partition coefficient (Wildman–Crippen LogP) is 3.54. The van der Waals surface area contributed by atoms with E-state index in [1.165, 1.54) is 6.26 Å². The second kappa shape index (κ2) is 8.78. The second-order valence-corrected chi connectivity index (χ2v) is 10.5. The fourth-order valence-electron chi connectivity index (χ4n) is 3.38. The standard InChI is InChI=1S/C23H30N2O5S/c1-16(17-6-9-19(10-7-17)31(5,27)28)25(4)22(26)24-15-23(2,3)18-8-11-20-21(14-18)30-13-12-29-20/h6-11,14,16H,12-13,15H2,1-5H3,(H,24,26). The number of carbonyl (C=O) groups excluding carboxylic acids is 1. The lowest BCUT2D eigenvalue weighted by Gasteiger charge is -2.30. The number of nitrogens with zero attached hydrogens (tertiary/aromatic N) is 1. The Morgan fingerprint density at radius 1 is 1.10 bits per heavy atom. The molecule has 2 aromatic rings. The Labute approximate surface area is 184 Å². The highest BCUT2D eigenvalue weighted by Crippen LogP contribution is 2.35. The third-order valence-corrected chi connectivity index (χ3v) is 6.83. The summed E-state index contributed by atoms with van der Waals surface area (Å²) in [7, 11) is -1.53. The normalized spacial score (nSPS) is 14.6. The smallest absolute Gasteiger partial charge is 0.317 e. The number of amides is 2. The molecule has 3 rings (SSSR count). The quantitative estimate of drug-likeness (QED) is 0.734. The summed E-state index contributed by atoms with van der Waals surface area (Å²) in [6.45, 7) is 7.55. The Hall–Kier alpha value is -2.74. The van der Waals surface area contributed by atoms with Crippen molar-refractivity contribution in [3.8, 4) is 11.5 Å². The Morgan fingerprint density at radius 3 is 2.32 bits per heavy atom. The van der Waals surface area contributed by atoms with E-state index in [1.807, 2.05) is 25.1 Å². The van der Waals surface area contributed by atoms with Gasteiger partial charge in [-0.05, 0) is 42.3 Å². The average molecular weight is 447 g/mol. The molecule has 1 heterocycles. The second-order valence-electron chi connectivity index (χ2n) is 8.53. The molecule has 1 N–H and O–H groups in total. The molecule has 1 aliphatic heterocycles. The lowest BCUT2D eigenvalue weighted by molar-refractivity contribution is 0.171. The molecule has 1 unspecified atom stereocenters. The zero-order chi connectivity index (χ0) is 22.8. The first-order valence-corrected chi connectivity index (χ1v) is 12.1. The number of hydrogen-bond donors (Lipinski definition) is 1. The number of fused-ring (bicyclic) bond motifs is 1. The van der Waals surface area contributed by atoms with Crippen molar-refractivity contribution in [2.75, 3.05) is 33.1 Å². The third kappa shape index (κ3) is 5.31. The first kappa shape index (κ1) is 22.9. The number of nitrogens with one attached hydrogen (secondary N) is 1. The summed E-state index contributed by atoms with van der Waals surface area (Å²) in [5.74, 6) is 1.47. The van der Waals surface area contributed by atoms with Gasteiger partial charge in [-0.2, -0.15) is 0 Å². The van der Waals surface area contributed by atoms with Crippen molar-refractivity contribution < 1.29 is 22.7 Å². The van der Waals surface area contributed by atoms with E-state index in [4.69, 9.17) is 9.47 Å². The number of rotatable bonds is 6. The molecular formula is C23H30N2O5S. The van der Waals surface area contributed by atoms with E-state index in [0.29, 0.717) is 19.8 Å². The van der Waals surface area contributed by atoms with Crippen molar-refractivity contribution in [1.82, 2.24) is 10.2 Å². The number of benzene rings is 2. The highest BCUT2D eigenvalue weighted by molar-refractivity contribution is 7.90. The van der Waals surface area contributed by atoms with Gasteiger partial charge < -0.3 is 19.7 Å². The maximum atomic E-state index is 12.8. The van der Waals surface area contributed by atoms with E-state index in [2.05, 4.69) is 19.2 Å². The maximum absolute atomic E-state index is 12.8.